The molecule has 0 aromatic heterocycles. The van der Waals surface area contributed by atoms with Crippen molar-refractivity contribution in [3.05, 3.63) is 12.7 Å². The summed E-state index contributed by atoms with van der Waals surface area (Å²) in [5.74, 6) is -3.29. The minimum atomic E-state index is -2.74. The molecule has 0 aliphatic heterocycles. The van der Waals surface area contributed by atoms with Crippen LogP contribution >= 0.6 is 0 Å². The zero-order valence-corrected chi connectivity index (χ0v) is 8.19. The van der Waals surface area contributed by atoms with Crippen molar-refractivity contribution in [2.45, 2.75) is 31.6 Å². The van der Waals surface area contributed by atoms with Gasteiger partial charge in [0.05, 0.1) is 12.5 Å². The summed E-state index contributed by atoms with van der Waals surface area (Å²) in [7, 11) is 1.23. The van der Waals surface area contributed by atoms with Crippen LogP contribution in [0.2, 0.25) is 0 Å². The Morgan fingerprint density at radius 3 is 2.57 bits per heavy atom. The molecule has 80 valence electrons. The first-order valence-corrected chi connectivity index (χ1v) is 4.53. The van der Waals surface area contributed by atoms with Crippen LogP contribution in [0.3, 0.4) is 0 Å². The summed E-state index contributed by atoms with van der Waals surface area (Å²) in [6, 6.07) is 0. The van der Waals surface area contributed by atoms with Gasteiger partial charge in [-0.05, 0) is 12.8 Å². The summed E-state index contributed by atoms with van der Waals surface area (Å²) in [5, 5.41) is 0. The summed E-state index contributed by atoms with van der Waals surface area (Å²) >= 11 is 0. The smallest absolute Gasteiger partial charge is 0.312 e. The highest BCUT2D eigenvalue weighted by Gasteiger charge is 2.53. The molecule has 0 aromatic rings. The molecule has 0 saturated heterocycles. The summed E-state index contributed by atoms with van der Waals surface area (Å²) in [5.41, 5.74) is -1.04. The van der Waals surface area contributed by atoms with Crippen molar-refractivity contribution in [2.75, 3.05) is 7.11 Å². The summed E-state index contributed by atoms with van der Waals surface area (Å²) in [4.78, 5) is 11.4. The largest absolute Gasteiger partial charge is 0.469 e. The summed E-state index contributed by atoms with van der Waals surface area (Å²) in [6.45, 7) is 3.48. The van der Waals surface area contributed by atoms with E-state index in [4.69, 9.17) is 0 Å². The second-order valence-corrected chi connectivity index (χ2v) is 3.80. The molecular weight excluding hydrogens is 190 g/mol. The molecule has 4 heteroatoms. The van der Waals surface area contributed by atoms with Crippen molar-refractivity contribution in [2.24, 2.45) is 5.41 Å². The average molecular weight is 204 g/mol. The van der Waals surface area contributed by atoms with Gasteiger partial charge in [0.1, 0.15) is 0 Å². The van der Waals surface area contributed by atoms with Gasteiger partial charge in [-0.15, -0.1) is 6.58 Å². The lowest BCUT2D eigenvalue weighted by Gasteiger charge is -2.24. The fourth-order valence-electron chi connectivity index (χ4n) is 2.02. The third-order valence-corrected chi connectivity index (χ3v) is 2.72. The van der Waals surface area contributed by atoms with E-state index < -0.39 is 23.7 Å². The van der Waals surface area contributed by atoms with Gasteiger partial charge >= 0.3 is 5.97 Å². The molecule has 1 saturated carbocycles. The van der Waals surface area contributed by atoms with Gasteiger partial charge in [-0.1, -0.05) is 6.08 Å². The molecule has 0 aromatic carbocycles. The third-order valence-electron chi connectivity index (χ3n) is 2.72. The van der Waals surface area contributed by atoms with Crippen molar-refractivity contribution in [1.29, 1.82) is 0 Å². The molecule has 1 unspecified atom stereocenters. The quantitative estimate of drug-likeness (QED) is 0.521. The van der Waals surface area contributed by atoms with Crippen LogP contribution in [0.15, 0.2) is 12.7 Å². The molecule has 0 radical (unpaired) electrons. The second-order valence-electron chi connectivity index (χ2n) is 3.80. The third kappa shape index (κ3) is 1.94. The fourth-order valence-corrected chi connectivity index (χ4v) is 2.02. The number of halogens is 2. The topological polar surface area (TPSA) is 26.3 Å². The first-order chi connectivity index (χ1) is 6.46. The van der Waals surface area contributed by atoms with E-state index in [9.17, 15) is 13.6 Å². The Morgan fingerprint density at radius 2 is 2.21 bits per heavy atom. The Balaban J connectivity index is 2.85. The van der Waals surface area contributed by atoms with Gasteiger partial charge in [-0.25, -0.2) is 8.78 Å². The highest BCUT2D eigenvalue weighted by Crippen LogP contribution is 2.50. The van der Waals surface area contributed by atoms with Crippen LogP contribution in [0, 0.1) is 5.41 Å². The maximum absolute atomic E-state index is 13.0. The zero-order valence-electron chi connectivity index (χ0n) is 8.19. The van der Waals surface area contributed by atoms with Crippen LogP contribution in [0.25, 0.3) is 0 Å². The van der Waals surface area contributed by atoms with Gasteiger partial charge in [0.2, 0.25) is 5.92 Å². The van der Waals surface area contributed by atoms with Crippen molar-refractivity contribution in [1.82, 2.24) is 0 Å². The maximum Gasteiger partial charge on any atom is 0.312 e. The molecule has 0 N–H and O–H groups in total. The van der Waals surface area contributed by atoms with Crippen LogP contribution in [-0.4, -0.2) is 19.0 Å². The summed E-state index contributed by atoms with van der Waals surface area (Å²) < 4.78 is 30.6. The van der Waals surface area contributed by atoms with E-state index in [1.165, 1.54) is 13.2 Å². The standard InChI is InChI=1S/C10H14F2O2/c1-3-4-9(8(13)14-2)5-6-10(11,12)7-9/h3H,1,4-7H2,2H3. The van der Waals surface area contributed by atoms with E-state index in [1.54, 1.807) is 0 Å². The van der Waals surface area contributed by atoms with Gasteiger partial charge in [0.15, 0.2) is 0 Å². The van der Waals surface area contributed by atoms with Gasteiger partial charge in [-0.3, -0.25) is 4.79 Å². The Bertz CT molecular complexity index is 251. The van der Waals surface area contributed by atoms with E-state index in [0.29, 0.717) is 0 Å². The van der Waals surface area contributed by atoms with Gasteiger partial charge in [0.25, 0.3) is 0 Å². The average Bonchev–Trinajstić information content (AvgIpc) is 2.42. The predicted molar refractivity (Wildman–Crippen MR) is 48.1 cm³/mol. The molecule has 1 fully saturated rings. The number of rotatable bonds is 3. The Morgan fingerprint density at radius 1 is 1.57 bits per heavy atom. The molecule has 0 bridgehead atoms. The van der Waals surface area contributed by atoms with Crippen LogP contribution in [0.1, 0.15) is 25.7 Å². The molecule has 1 atom stereocenters. The highest BCUT2D eigenvalue weighted by molar-refractivity contribution is 5.77. The number of methoxy groups -OCH3 is 1. The minimum Gasteiger partial charge on any atom is -0.469 e. The van der Waals surface area contributed by atoms with E-state index in [1.807, 2.05) is 0 Å². The lowest BCUT2D eigenvalue weighted by atomic mass is 9.82. The second kappa shape index (κ2) is 3.67. The first kappa shape index (κ1) is 11.1. The Kier molecular flexibility index (Phi) is 2.92. The predicted octanol–water partition coefficient (Wildman–Crippen LogP) is 2.54. The monoisotopic (exact) mass is 204 g/mol. The van der Waals surface area contributed by atoms with Crippen LogP contribution in [0.4, 0.5) is 8.78 Å². The molecule has 1 rings (SSSR count). The number of esters is 1. The minimum absolute atomic E-state index is 0.179. The number of allylic oxidation sites excluding steroid dienone is 1. The van der Waals surface area contributed by atoms with Gasteiger partial charge < -0.3 is 4.74 Å². The van der Waals surface area contributed by atoms with Crippen molar-refractivity contribution < 1.29 is 18.3 Å². The maximum atomic E-state index is 13.0. The zero-order chi connectivity index (χ0) is 10.8. The molecule has 14 heavy (non-hydrogen) atoms. The first-order valence-electron chi connectivity index (χ1n) is 4.53. The number of carbonyl (C=O) groups is 1. The number of alkyl halides is 2. The van der Waals surface area contributed by atoms with Crippen LogP contribution in [0.5, 0.6) is 0 Å². The van der Waals surface area contributed by atoms with Crippen molar-refractivity contribution in [3.63, 3.8) is 0 Å². The lowest BCUT2D eigenvalue weighted by molar-refractivity contribution is -0.154. The van der Waals surface area contributed by atoms with Gasteiger partial charge in [0, 0.05) is 12.8 Å². The van der Waals surface area contributed by atoms with Gasteiger partial charge in [-0.2, -0.15) is 0 Å². The Labute approximate surface area is 81.9 Å². The molecular formula is C10H14F2O2. The van der Waals surface area contributed by atoms with Crippen LogP contribution < -0.4 is 0 Å². The highest BCUT2D eigenvalue weighted by atomic mass is 19.3. The molecule has 2 nitrogen and oxygen atoms in total. The van der Waals surface area contributed by atoms with E-state index >= 15 is 0 Å². The van der Waals surface area contributed by atoms with E-state index in [-0.39, 0.29) is 19.3 Å². The number of hydrogen-bond acceptors (Lipinski definition) is 2. The van der Waals surface area contributed by atoms with E-state index in [0.717, 1.165) is 0 Å². The lowest BCUT2D eigenvalue weighted by Crippen LogP contribution is -2.30. The number of hydrogen-bond donors (Lipinski definition) is 0. The SMILES string of the molecule is C=CCC1(C(=O)OC)CCC(F)(F)C1. The Hall–Kier alpha value is -0.930. The number of ether oxygens (including phenoxy) is 1. The molecule has 0 amide bonds. The molecule has 1 aliphatic carbocycles. The van der Waals surface area contributed by atoms with Crippen molar-refractivity contribution in [3.8, 4) is 0 Å². The molecule has 0 spiro atoms. The summed E-state index contributed by atoms with van der Waals surface area (Å²) in [6.07, 6.45) is 1.28. The van der Waals surface area contributed by atoms with Crippen LogP contribution in [-0.2, 0) is 9.53 Å². The fraction of sp³-hybridized carbons (Fsp3) is 0.700. The normalized spacial score (nSPS) is 29.9. The van der Waals surface area contributed by atoms with Crippen molar-refractivity contribution >= 4 is 5.97 Å². The molecule has 1 aliphatic rings. The molecule has 0 heterocycles. The number of carbonyl (C=O) groups excluding carboxylic acids is 1. The van der Waals surface area contributed by atoms with E-state index in [2.05, 4.69) is 11.3 Å².